The maximum atomic E-state index is 12.4. The summed E-state index contributed by atoms with van der Waals surface area (Å²) in [4.78, 5) is 24.8. The number of amides is 2. The maximum Gasteiger partial charge on any atom is 0.232 e. The van der Waals surface area contributed by atoms with E-state index in [0.29, 0.717) is 33.3 Å². The number of benzene rings is 2. The Kier molecular flexibility index (Phi) is 8.55. The van der Waals surface area contributed by atoms with Gasteiger partial charge in [-0.3, -0.25) is 9.59 Å². The third-order valence-corrected chi connectivity index (χ3v) is 6.35. The molecule has 0 bridgehead atoms. The average Bonchev–Trinajstić information content (AvgIpc) is 3.16. The summed E-state index contributed by atoms with van der Waals surface area (Å²) in [7, 11) is 0. The number of nitrogens with one attached hydrogen (secondary N) is 2. The van der Waals surface area contributed by atoms with E-state index in [0.717, 1.165) is 5.56 Å². The molecule has 0 aliphatic heterocycles. The lowest BCUT2D eigenvalue weighted by Crippen LogP contribution is -2.28. The minimum atomic E-state index is -0.253. The largest absolute Gasteiger partial charge is 0.349 e. The van der Waals surface area contributed by atoms with Crippen molar-refractivity contribution in [2.75, 3.05) is 11.1 Å². The second kappa shape index (κ2) is 11.4. The van der Waals surface area contributed by atoms with Gasteiger partial charge in [-0.2, -0.15) is 0 Å². The second-order valence-electron chi connectivity index (χ2n) is 6.99. The molecule has 10 heteroatoms. The molecule has 0 unspecified atom stereocenters. The standard InChI is InChI=1S/C22H23Cl2N5O2S/c1-3-29-19(12-20(30)26-16-9-10-17(23)18(24)11-16)27-28-22(29)32-13-21(31)25-14(2)15-7-5-4-6-8-15/h4-11,14H,3,12-13H2,1-2H3,(H,25,31)(H,26,30)/t14-/m1/s1. The SMILES string of the molecule is CCn1c(CC(=O)Nc2ccc(Cl)c(Cl)c2)nnc1SCC(=O)N[C@H](C)c1ccccc1. The van der Waals surface area contributed by atoms with Crippen LogP contribution in [-0.4, -0.2) is 32.3 Å². The minimum Gasteiger partial charge on any atom is -0.349 e. The predicted octanol–water partition coefficient (Wildman–Crippen LogP) is 4.76. The number of rotatable bonds is 9. The molecular formula is C22H23Cl2N5O2S. The summed E-state index contributed by atoms with van der Waals surface area (Å²) in [5, 5.41) is 15.4. The Labute approximate surface area is 200 Å². The highest BCUT2D eigenvalue weighted by Crippen LogP contribution is 2.25. The molecule has 7 nitrogen and oxygen atoms in total. The topological polar surface area (TPSA) is 88.9 Å². The van der Waals surface area contributed by atoms with Gasteiger partial charge in [0.25, 0.3) is 0 Å². The lowest BCUT2D eigenvalue weighted by molar-refractivity contribution is -0.119. The number of hydrogen-bond acceptors (Lipinski definition) is 5. The van der Waals surface area contributed by atoms with Crippen molar-refractivity contribution < 1.29 is 9.59 Å². The zero-order valence-corrected chi connectivity index (χ0v) is 20.0. The number of anilines is 1. The first-order chi connectivity index (χ1) is 15.4. The van der Waals surface area contributed by atoms with Gasteiger partial charge >= 0.3 is 0 Å². The molecule has 0 saturated heterocycles. The predicted molar refractivity (Wildman–Crippen MR) is 128 cm³/mol. The monoisotopic (exact) mass is 491 g/mol. The van der Waals surface area contributed by atoms with Crippen LogP contribution in [0.15, 0.2) is 53.7 Å². The summed E-state index contributed by atoms with van der Waals surface area (Å²) in [5.41, 5.74) is 1.59. The molecule has 0 radical (unpaired) electrons. The minimum absolute atomic E-state index is 0.0406. The molecule has 32 heavy (non-hydrogen) atoms. The molecule has 3 aromatic rings. The molecular weight excluding hydrogens is 469 g/mol. The summed E-state index contributed by atoms with van der Waals surface area (Å²) in [6.07, 6.45) is 0.0406. The molecule has 0 saturated carbocycles. The molecule has 1 heterocycles. The number of halogens is 2. The zero-order chi connectivity index (χ0) is 23.1. The third-order valence-electron chi connectivity index (χ3n) is 4.64. The highest BCUT2D eigenvalue weighted by atomic mass is 35.5. The van der Waals surface area contributed by atoms with E-state index in [1.165, 1.54) is 11.8 Å². The van der Waals surface area contributed by atoms with Gasteiger partial charge in [0.1, 0.15) is 5.82 Å². The molecule has 0 aliphatic rings. The maximum absolute atomic E-state index is 12.4. The molecule has 2 amide bonds. The van der Waals surface area contributed by atoms with Crippen LogP contribution in [0.3, 0.4) is 0 Å². The highest BCUT2D eigenvalue weighted by Gasteiger charge is 2.17. The molecule has 0 aliphatic carbocycles. The molecule has 0 spiro atoms. The van der Waals surface area contributed by atoms with Crippen LogP contribution in [0.1, 0.15) is 31.3 Å². The van der Waals surface area contributed by atoms with Crippen LogP contribution in [0, 0.1) is 0 Å². The first kappa shape index (κ1) is 24.1. The Bertz CT molecular complexity index is 1090. The fraction of sp³-hybridized carbons (Fsp3) is 0.273. The van der Waals surface area contributed by atoms with Crippen LogP contribution in [-0.2, 0) is 22.6 Å². The van der Waals surface area contributed by atoms with Crippen molar-refractivity contribution in [2.45, 2.75) is 38.0 Å². The Morgan fingerprint density at radius 2 is 1.81 bits per heavy atom. The van der Waals surface area contributed by atoms with Gasteiger partial charge in [-0.1, -0.05) is 65.3 Å². The van der Waals surface area contributed by atoms with Gasteiger partial charge in [0, 0.05) is 12.2 Å². The van der Waals surface area contributed by atoms with Gasteiger partial charge in [-0.05, 0) is 37.6 Å². The van der Waals surface area contributed by atoms with Crippen LogP contribution in [0.4, 0.5) is 5.69 Å². The summed E-state index contributed by atoms with van der Waals surface area (Å²) in [5.74, 6) is 0.364. The summed E-state index contributed by atoms with van der Waals surface area (Å²) in [6, 6.07) is 14.6. The fourth-order valence-electron chi connectivity index (χ4n) is 3.04. The van der Waals surface area contributed by atoms with E-state index in [1.54, 1.807) is 18.2 Å². The van der Waals surface area contributed by atoms with Gasteiger partial charge in [0.2, 0.25) is 11.8 Å². The molecule has 0 fully saturated rings. The Morgan fingerprint density at radius 1 is 1.06 bits per heavy atom. The molecule has 2 N–H and O–H groups in total. The number of carbonyl (C=O) groups excluding carboxylic acids is 2. The molecule has 2 aromatic carbocycles. The summed E-state index contributed by atoms with van der Waals surface area (Å²) in [6.45, 7) is 4.45. The van der Waals surface area contributed by atoms with Gasteiger partial charge in [-0.25, -0.2) is 0 Å². The van der Waals surface area contributed by atoms with Crippen LogP contribution in [0.5, 0.6) is 0 Å². The van der Waals surface area contributed by atoms with E-state index < -0.39 is 0 Å². The Hall–Kier alpha value is -2.55. The Balaban J connectivity index is 1.56. The van der Waals surface area contributed by atoms with Crippen LogP contribution in [0.2, 0.25) is 10.0 Å². The Morgan fingerprint density at radius 3 is 2.50 bits per heavy atom. The first-order valence-corrected chi connectivity index (χ1v) is 11.8. The van der Waals surface area contributed by atoms with Crippen LogP contribution < -0.4 is 10.6 Å². The van der Waals surface area contributed by atoms with Crippen molar-refractivity contribution in [3.8, 4) is 0 Å². The molecule has 3 rings (SSSR count). The molecule has 1 aromatic heterocycles. The van der Waals surface area contributed by atoms with E-state index in [2.05, 4.69) is 20.8 Å². The normalized spacial score (nSPS) is 11.8. The van der Waals surface area contributed by atoms with Crippen LogP contribution >= 0.6 is 35.0 Å². The molecule has 168 valence electrons. The van der Waals surface area contributed by atoms with Crippen molar-refractivity contribution >= 4 is 52.5 Å². The van der Waals surface area contributed by atoms with Crippen molar-refractivity contribution in [1.82, 2.24) is 20.1 Å². The highest BCUT2D eigenvalue weighted by molar-refractivity contribution is 7.99. The first-order valence-electron chi connectivity index (χ1n) is 10.0. The number of hydrogen-bond donors (Lipinski definition) is 2. The zero-order valence-electron chi connectivity index (χ0n) is 17.6. The second-order valence-corrected chi connectivity index (χ2v) is 8.74. The summed E-state index contributed by atoms with van der Waals surface area (Å²) >= 11 is 13.2. The lowest BCUT2D eigenvalue weighted by atomic mass is 10.1. The van der Waals surface area contributed by atoms with Crippen molar-refractivity contribution in [1.29, 1.82) is 0 Å². The van der Waals surface area contributed by atoms with Gasteiger partial charge in [-0.15, -0.1) is 10.2 Å². The average molecular weight is 492 g/mol. The lowest BCUT2D eigenvalue weighted by Gasteiger charge is -2.14. The van der Waals surface area contributed by atoms with E-state index in [9.17, 15) is 9.59 Å². The van der Waals surface area contributed by atoms with Gasteiger partial charge in [0.15, 0.2) is 5.16 Å². The number of nitrogens with zero attached hydrogens (tertiary/aromatic N) is 3. The number of carbonyl (C=O) groups is 2. The van der Waals surface area contributed by atoms with Crippen LogP contribution in [0.25, 0.3) is 0 Å². The molecule has 1 atom stereocenters. The van der Waals surface area contributed by atoms with Crippen molar-refractivity contribution in [3.05, 3.63) is 70.0 Å². The quantitative estimate of drug-likeness (QED) is 0.421. The fourth-order valence-corrected chi connectivity index (χ4v) is 4.17. The number of thioether (sulfide) groups is 1. The van der Waals surface area contributed by atoms with E-state index in [4.69, 9.17) is 23.2 Å². The van der Waals surface area contributed by atoms with E-state index in [-0.39, 0.29) is 30.0 Å². The smallest absolute Gasteiger partial charge is 0.232 e. The van der Waals surface area contributed by atoms with Gasteiger partial charge < -0.3 is 15.2 Å². The van der Waals surface area contributed by atoms with Crippen molar-refractivity contribution in [3.63, 3.8) is 0 Å². The van der Waals surface area contributed by atoms with Gasteiger partial charge in [0.05, 0.1) is 28.3 Å². The summed E-state index contributed by atoms with van der Waals surface area (Å²) < 4.78 is 1.83. The van der Waals surface area contributed by atoms with Crippen molar-refractivity contribution in [2.24, 2.45) is 0 Å². The van der Waals surface area contributed by atoms with E-state index in [1.807, 2.05) is 48.7 Å². The number of aromatic nitrogens is 3. The third kappa shape index (κ3) is 6.48. The van der Waals surface area contributed by atoms with E-state index >= 15 is 0 Å².